The van der Waals surface area contributed by atoms with Crippen LogP contribution >= 0.6 is 50.9 Å². The normalized spacial score (nSPS) is 15.5. The summed E-state index contributed by atoms with van der Waals surface area (Å²) in [5, 5.41) is 21.3. The lowest BCUT2D eigenvalue weighted by Crippen LogP contribution is -2.27. The Morgan fingerprint density at radius 3 is 2.57 bits per heavy atom. The van der Waals surface area contributed by atoms with Crippen LogP contribution in [0.3, 0.4) is 0 Å². The maximum absolute atomic E-state index is 12.6. The third-order valence-corrected chi connectivity index (χ3v) is 5.87. The van der Waals surface area contributed by atoms with E-state index in [2.05, 4.69) is 15.9 Å². The Bertz CT molecular complexity index is 1060. The molecule has 28 heavy (non-hydrogen) atoms. The summed E-state index contributed by atoms with van der Waals surface area (Å²) in [5.41, 5.74) is 0.135. The van der Waals surface area contributed by atoms with Gasteiger partial charge in [-0.3, -0.25) is 24.6 Å². The number of nitro benzene ring substituents is 1. The minimum Gasteiger partial charge on any atom is -0.502 e. The van der Waals surface area contributed by atoms with Gasteiger partial charge in [0.2, 0.25) is 5.75 Å². The molecule has 2 aromatic rings. The van der Waals surface area contributed by atoms with Crippen LogP contribution in [0.25, 0.3) is 6.08 Å². The van der Waals surface area contributed by atoms with Gasteiger partial charge in [0.15, 0.2) is 0 Å². The quantitative estimate of drug-likeness (QED) is 0.330. The van der Waals surface area contributed by atoms with Crippen molar-refractivity contribution in [1.29, 1.82) is 0 Å². The van der Waals surface area contributed by atoms with E-state index in [1.54, 1.807) is 18.2 Å². The molecule has 0 aliphatic carbocycles. The Hall–Kier alpha value is -2.07. The second kappa shape index (κ2) is 8.12. The first-order valence-corrected chi connectivity index (χ1v) is 9.90. The van der Waals surface area contributed by atoms with Gasteiger partial charge in [0, 0.05) is 16.1 Å². The van der Waals surface area contributed by atoms with Gasteiger partial charge in [-0.1, -0.05) is 45.2 Å². The van der Waals surface area contributed by atoms with Gasteiger partial charge in [-0.15, -0.1) is 0 Å². The second-order valence-electron chi connectivity index (χ2n) is 5.64. The van der Waals surface area contributed by atoms with E-state index in [0.717, 1.165) is 11.0 Å². The fourth-order valence-electron chi connectivity index (χ4n) is 2.45. The van der Waals surface area contributed by atoms with Crippen LogP contribution in [-0.2, 0) is 11.3 Å². The number of rotatable bonds is 4. The van der Waals surface area contributed by atoms with Crippen LogP contribution in [0, 0.1) is 10.1 Å². The standard InChI is InChI=1S/C17H9BrCl2N2O5S/c18-10-4-9(15(23)13(6-10)22(26)27)5-14-16(24)21(17(25)28-14)7-8-1-2-11(19)12(20)3-8/h1-6,23H,7H2/b14-5-. The van der Waals surface area contributed by atoms with Crippen LogP contribution in [0.2, 0.25) is 10.0 Å². The number of phenols is 1. The first-order chi connectivity index (χ1) is 13.2. The number of benzene rings is 2. The lowest BCUT2D eigenvalue weighted by atomic mass is 10.1. The van der Waals surface area contributed by atoms with Crippen LogP contribution in [-0.4, -0.2) is 26.1 Å². The number of hydrogen-bond donors (Lipinski definition) is 1. The van der Waals surface area contributed by atoms with Crippen LogP contribution in [0.5, 0.6) is 5.75 Å². The summed E-state index contributed by atoms with van der Waals surface area (Å²) in [6.45, 7) is -0.0104. The average molecular weight is 504 g/mol. The number of hydrogen-bond acceptors (Lipinski definition) is 6. The molecule has 0 unspecified atom stereocenters. The highest BCUT2D eigenvalue weighted by atomic mass is 79.9. The van der Waals surface area contributed by atoms with Gasteiger partial charge in [0.25, 0.3) is 11.1 Å². The highest BCUT2D eigenvalue weighted by Gasteiger charge is 2.35. The molecule has 0 aromatic heterocycles. The summed E-state index contributed by atoms with van der Waals surface area (Å²) in [6, 6.07) is 7.32. The summed E-state index contributed by atoms with van der Waals surface area (Å²) in [7, 11) is 0. The molecule has 0 atom stereocenters. The number of thioether (sulfide) groups is 1. The summed E-state index contributed by atoms with van der Waals surface area (Å²) in [5.74, 6) is -1.17. The zero-order valence-corrected chi connectivity index (χ0v) is 17.6. The minimum absolute atomic E-state index is 0.0104. The molecule has 0 bridgehead atoms. The van der Waals surface area contributed by atoms with Crippen molar-refractivity contribution in [2.75, 3.05) is 0 Å². The Morgan fingerprint density at radius 2 is 1.93 bits per heavy atom. The number of carbonyl (C=O) groups is 2. The van der Waals surface area contributed by atoms with E-state index in [4.69, 9.17) is 23.2 Å². The Morgan fingerprint density at radius 1 is 1.21 bits per heavy atom. The molecular formula is C17H9BrCl2N2O5S. The van der Waals surface area contributed by atoms with Gasteiger partial charge in [-0.05, 0) is 41.6 Å². The number of imide groups is 1. The fourth-order valence-corrected chi connectivity index (χ4v) is 4.07. The summed E-state index contributed by atoms with van der Waals surface area (Å²) >= 11 is 15.6. The van der Waals surface area contributed by atoms with Gasteiger partial charge in [0.1, 0.15) is 0 Å². The summed E-state index contributed by atoms with van der Waals surface area (Å²) in [6.07, 6.45) is 1.24. The van der Waals surface area contributed by atoms with Crippen LogP contribution in [0.15, 0.2) is 39.7 Å². The molecule has 7 nitrogen and oxygen atoms in total. The average Bonchev–Trinajstić information content (AvgIpc) is 2.88. The third kappa shape index (κ3) is 4.17. The maximum atomic E-state index is 12.6. The van der Waals surface area contributed by atoms with Crippen molar-refractivity contribution in [1.82, 2.24) is 4.90 Å². The predicted octanol–water partition coefficient (Wildman–Crippen LogP) is 5.61. The first-order valence-electron chi connectivity index (χ1n) is 7.53. The smallest absolute Gasteiger partial charge is 0.312 e. The monoisotopic (exact) mass is 502 g/mol. The number of nitrogens with zero attached hydrogens (tertiary/aromatic N) is 2. The SMILES string of the molecule is O=C1S/C(=C\c2cc(Br)cc([N+](=O)[O-])c2O)C(=O)N1Cc1ccc(Cl)c(Cl)c1. The lowest BCUT2D eigenvalue weighted by Gasteiger charge is -2.13. The molecule has 2 amide bonds. The van der Waals surface area contributed by atoms with Crippen molar-refractivity contribution in [3.8, 4) is 5.75 Å². The molecule has 0 spiro atoms. The summed E-state index contributed by atoms with van der Waals surface area (Å²) < 4.78 is 0.346. The Labute approximate surface area is 181 Å². The van der Waals surface area contributed by atoms with Gasteiger partial charge in [-0.25, -0.2) is 0 Å². The highest BCUT2D eigenvalue weighted by molar-refractivity contribution is 9.10. The van der Waals surface area contributed by atoms with E-state index >= 15 is 0 Å². The van der Waals surface area contributed by atoms with Gasteiger partial charge >= 0.3 is 5.69 Å². The van der Waals surface area contributed by atoms with Gasteiger partial charge < -0.3 is 5.11 Å². The zero-order valence-electron chi connectivity index (χ0n) is 13.7. The molecule has 0 radical (unpaired) electrons. The molecule has 0 saturated carbocycles. The van der Waals surface area contributed by atoms with Crippen LogP contribution in [0.1, 0.15) is 11.1 Å². The van der Waals surface area contributed by atoms with E-state index < -0.39 is 27.5 Å². The molecule has 1 aliphatic rings. The molecule has 144 valence electrons. The highest BCUT2D eigenvalue weighted by Crippen LogP contribution is 2.39. The van der Waals surface area contributed by atoms with E-state index in [-0.39, 0.29) is 17.0 Å². The molecule has 2 aromatic carbocycles. The Kier molecular flexibility index (Phi) is 5.99. The maximum Gasteiger partial charge on any atom is 0.312 e. The van der Waals surface area contributed by atoms with E-state index in [1.165, 1.54) is 12.1 Å². The Balaban J connectivity index is 1.91. The molecule has 1 fully saturated rings. The molecule has 1 saturated heterocycles. The molecule has 11 heteroatoms. The largest absolute Gasteiger partial charge is 0.502 e. The molecule has 1 N–H and O–H groups in total. The number of aromatic hydroxyl groups is 1. The van der Waals surface area contributed by atoms with E-state index in [1.807, 2.05) is 0 Å². The number of amides is 2. The van der Waals surface area contributed by atoms with E-state index in [0.29, 0.717) is 31.8 Å². The van der Waals surface area contributed by atoms with E-state index in [9.17, 15) is 24.8 Å². The predicted molar refractivity (Wildman–Crippen MR) is 110 cm³/mol. The summed E-state index contributed by atoms with van der Waals surface area (Å²) in [4.78, 5) is 36.2. The minimum atomic E-state index is -0.743. The van der Waals surface area contributed by atoms with Crippen LogP contribution in [0.4, 0.5) is 10.5 Å². The third-order valence-electron chi connectivity index (χ3n) is 3.77. The van der Waals surface area contributed by atoms with Gasteiger partial charge in [-0.2, -0.15) is 0 Å². The zero-order chi connectivity index (χ0) is 20.6. The fraction of sp³-hybridized carbons (Fsp3) is 0.0588. The molecule has 3 rings (SSSR count). The molecule has 1 aliphatic heterocycles. The lowest BCUT2D eigenvalue weighted by molar-refractivity contribution is -0.385. The van der Waals surface area contributed by atoms with Crippen molar-refractivity contribution < 1.29 is 19.6 Å². The topological polar surface area (TPSA) is 101 Å². The second-order valence-corrected chi connectivity index (χ2v) is 8.36. The number of phenolic OH excluding ortho intramolecular Hbond substituents is 1. The van der Waals surface area contributed by atoms with Crippen molar-refractivity contribution in [2.45, 2.75) is 6.54 Å². The number of halogens is 3. The number of carbonyl (C=O) groups excluding carboxylic acids is 2. The van der Waals surface area contributed by atoms with Crippen LogP contribution < -0.4 is 0 Å². The van der Waals surface area contributed by atoms with Crippen molar-refractivity contribution in [3.05, 3.63) is 71.0 Å². The number of nitro groups is 1. The van der Waals surface area contributed by atoms with Crippen molar-refractivity contribution in [2.24, 2.45) is 0 Å². The molecular weight excluding hydrogens is 495 g/mol. The van der Waals surface area contributed by atoms with Gasteiger partial charge in [0.05, 0.1) is 26.4 Å². The molecule has 1 heterocycles. The van der Waals surface area contributed by atoms with Crippen molar-refractivity contribution in [3.63, 3.8) is 0 Å². The first kappa shape index (κ1) is 20.7. The van der Waals surface area contributed by atoms with Crippen molar-refractivity contribution >= 4 is 73.8 Å².